The van der Waals surface area contributed by atoms with E-state index in [9.17, 15) is 4.79 Å². The van der Waals surface area contributed by atoms with Crippen LogP contribution < -0.4 is 0 Å². The Morgan fingerprint density at radius 2 is 2.15 bits per heavy atom. The molecule has 134 valence electrons. The molecule has 3 aromatic rings. The number of hydrogen-bond acceptors (Lipinski definition) is 5. The number of carbonyl (C=O) groups excluding carboxylic acids is 1. The van der Waals surface area contributed by atoms with Gasteiger partial charge in [0.25, 0.3) is 0 Å². The van der Waals surface area contributed by atoms with Gasteiger partial charge in [-0.05, 0) is 27.9 Å². The Morgan fingerprint density at radius 3 is 2.96 bits per heavy atom. The number of aromatic nitrogens is 4. The molecule has 0 bridgehead atoms. The Morgan fingerprint density at radius 1 is 1.35 bits per heavy atom. The molecule has 9 heteroatoms. The van der Waals surface area contributed by atoms with Crippen molar-refractivity contribution in [1.82, 2.24) is 24.5 Å². The van der Waals surface area contributed by atoms with Gasteiger partial charge in [0.2, 0.25) is 0 Å². The maximum Gasteiger partial charge on any atom is 0.410 e. The third-order valence-corrected chi connectivity index (χ3v) is 5.22. The highest BCUT2D eigenvalue weighted by Gasteiger charge is 2.32. The van der Waals surface area contributed by atoms with Gasteiger partial charge in [0, 0.05) is 19.0 Å². The summed E-state index contributed by atoms with van der Waals surface area (Å²) >= 11 is 9.54. The lowest BCUT2D eigenvalue weighted by Crippen LogP contribution is -2.29. The lowest BCUT2D eigenvalue weighted by atomic mass is 10.1. The van der Waals surface area contributed by atoms with Crippen molar-refractivity contribution in [3.8, 4) is 0 Å². The second-order valence-corrected chi connectivity index (χ2v) is 7.15. The quantitative estimate of drug-likeness (QED) is 0.626. The molecule has 1 atom stereocenters. The van der Waals surface area contributed by atoms with Gasteiger partial charge in [0.1, 0.15) is 28.9 Å². The Labute approximate surface area is 163 Å². The van der Waals surface area contributed by atoms with E-state index in [0.29, 0.717) is 28.4 Å². The summed E-state index contributed by atoms with van der Waals surface area (Å²) in [5.74, 6) is 0.818. The van der Waals surface area contributed by atoms with Crippen molar-refractivity contribution in [3.05, 3.63) is 57.8 Å². The molecule has 0 aliphatic carbocycles. The normalized spacial score (nSPS) is 17.0. The lowest BCUT2D eigenvalue weighted by molar-refractivity contribution is 0.104. The third kappa shape index (κ3) is 3.26. The zero-order valence-electron chi connectivity index (χ0n) is 13.7. The van der Waals surface area contributed by atoms with Crippen molar-refractivity contribution in [2.75, 3.05) is 13.1 Å². The fraction of sp³-hybridized carbons (Fsp3) is 0.294. The highest BCUT2D eigenvalue weighted by molar-refractivity contribution is 9.10. The Bertz CT molecular complexity index is 949. The summed E-state index contributed by atoms with van der Waals surface area (Å²) in [4.78, 5) is 22.6. The van der Waals surface area contributed by atoms with E-state index in [-0.39, 0.29) is 18.6 Å². The van der Waals surface area contributed by atoms with Crippen molar-refractivity contribution in [3.63, 3.8) is 0 Å². The number of imidazole rings is 1. The molecular formula is C17H15BrClN5O2. The maximum atomic E-state index is 12.3. The van der Waals surface area contributed by atoms with Crippen LogP contribution in [0.1, 0.15) is 23.7 Å². The number of benzene rings is 1. The highest BCUT2D eigenvalue weighted by Crippen LogP contribution is 2.31. The lowest BCUT2D eigenvalue weighted by Gasteiger charge is -2.16. The molecule has 26 heavy (non-hydrogen) atoms. The first-order valence-electron chi connectivity index (χ1n) is 8.13. The summed E-state index contributed by atoms with van der Waals surface area (Å²) in [7, 11) is 0. The molecule has 2 aromatic heterocycles. The summed E-state index contributed by atoms with van der Waals surface area (Å²) in [6.07, 6.45) is 1.87. The van der Waals surface area contributed by atoms with Crippen LogP contribution in [0.25, 0.3) is 5.52 Å². The molecule has 0 radical (unpaired) electrons. The molecule has 0 unspecified atom stereocenters. The molecule has 1 aliphatic heterocycles. The fourth-order valence-electron chi connectivity index (χ4n) is 3.09. The van der Waals surface area contributed by atoms with Crippen molar-refractivity contribution < 1.29 is 9.53 Å². The smallest absolute Gasteiger partial charge is 0.410 e. The van der Waals surface area contributed by atoms with Crippen LogP contribution in [0.3, 0.4) is 0 Å². The summed E-state index contributed by atoms with van der Waals surface area (Å²) in [5, 5.41) is 4.58. The van der Waals surface area contributed by atoms with E-state index >= 15 is 0 Å². The van der Waals surface area contributed by atoms with E-state index in [2.05, 4.69) is 31.0 Å². The molecule has 0 N–H and O–H groups in total. The molecule has 1 amide bonds. The number of nitrogens with zero attached hydrogens (tertiary/aromatic N) is 5. The van der Waals surface area contributed by atoms with E-state index in [4.69, 9.17) is 16.3 Å². The van der Waals surface area contributed by atoms with Crippen molar-refractivity contribution >= 4 is 39.1 Å². The third-order valence-electron chi connectivity index (χ3n) is 4.39. The van der Waals surface area contributed by atoms with Gasteiger partial charge < -0.3 is 9.64 Å². The minimum atomic E-state index is -0.316. The van der Waals surface area contributed by atoms with E-state index in [1.807, 2.05) is 30.3 Å². The Hall–Kier alpha value is -2.19. The van der Waals surface area contributed by atoms with E-state index in [1.54, 1.807) is 9.42 Å². The van der Waals surface area contributed by atoms with Crippen molar-refractivity contribution in [2.24, 2.45) is 0 Å². The van der Waals surface area contributed by atoms with Gasteiger partial charge >= 0.3 is 6.09 Å². The second kappa shape index (κ2) is 7.20. The van der Waals surface area contributed by atoms with Crippen LogP contribution in [0.15, 0.2) is 41.3 Å². The Kier molecular flexibility index (Phi) is 4.78. The zero-order valence-corrected chi connectivity index (χ0v) is 16.0. The fourth-order valence-corrected chi connectivity index (χ4v) is 3.96. The summed E-state index contributed by atoms with van der Waals surface area (Å²) in [6.45, 7) is 1.41. The minimum Gasteiger partial charge on any atom is -0.445 e. The average molecular weight is 437 g/mol. The van der Waals surface area contributed by atoms with Crippen LogP contribution in [-0.2, 0) is 11.3 Å². The summed E-state index contributed by atoms with van der Waals surface area (Å²) in [5.41, 5.74) is 1.60. The molecule has 7 nitrogen and oxygen atoms in total. The predicted octanol–water partition coefficient (Wildman–Crippen LogP) is 3.67. The van der Waals surface area contributed by atoms with Crippen LogP contribution in [-0.4, -0.2) is 43.7 Å². The van der Waals surface area contributed by atoms with Crippen LogP contribution in [0.2, 0.25) is 5.15 Å². The number of ether oxygens (including phenoxy) is 1. The molecule has 0 saturated carbocycles. The van der Waals surface area contributed by atoms with E-state index in [0.717, 1.165) is 17.8 Å². The minimum absolute atomic E-state index is 0.0593. The number of hydrogen-bond donors (Lipinski definition) is 0. The number of likely N-dealkylation sites (tertiary alicyclic amines) is 1. The maximum absolute atomic E-state index is 12.3. The standard InChI is InChI=1S/C17H15BrClN5O2/c18-14-13-15(19)20-10-21-24(13)16(22-14)12-6-7-23(8-12)17(25)26-9-11-4-2-1-3-5-11/h1-5,10,12H,6-9H2/t12-/m0/s1. The molecule has 1 aromatic carbocycles. The Balaban J connectivity index is 1.45. The topological polar surface area (TPSA) is 72.6 Å². The molecule has 0 spiro atoms. The predicted molar refractivity (Wildman–Crippen MR) is 99.1 cm³/mol. The number of amides is 1. The molecule has 1 fully saturated rings. The zero-order chi connectivity index (χ0) is 18.1. The molecular weight excluding hydrogens is 422 g/mol. The van der Waals surface area contributed by atoms with Crippen molar-refractivity contribution in [2.45, 2.75) is 18.9 Å². The number of rotatable bonds is 3. The highest BCUT2D eigenvalue weighted by atomic mass is 79.9. The van der Waals surface area contributed by atoms with Crippen LogP contribution in [0, 0.1) is 0 Å². The van der Waals surface area contributed by atoms with Gasteiger partial charge in [-0.3, -0.25) is 0 Å². The SMILES string of the molecule is O=C(OCc1ccccc1)N1CC[C@H](c2nc(Br)c3c(Cl)ncnn23)C1. The van der Waals surface area contributed by atoms with Crippen LogP contribution in [0.5, 0.6) is 0 Å². The number of fused-ring (bicyclic) bond motifs is 1. The van der Waals surface area contributed by atoms with Gasteiger partial charge in [-0.15, -0.1) is 0 Å². The van der Waals surface area contributed by atoms with E-state index in [1.165, 1.54) is 6.33 Å². The van der Waals surface area contributed by atoms with Crippen molar-refractivity contribution in [1.29, 1.82) is 0 Å². The van der Waals surface area contributed by atoms with E-state index < -0.39 is 0 Å². The first kappa shape index (κ1) is 17.2. The first-order valence-corrected chi connectivity index (χ1v) is 9.31. The molecule has 1 aliphatic rings. The largest absolute Gasteiger partial charge is 0.445 e. The average Bonchev–Trinajstić information content (AvgIpc) is 3.26. The van der Waals surface area contributed by atoms with Gasteiger partial charge in [-0.2, -0.15) is 5.10 Å². The monoisotopic (exact) mass is 435 g/mol. The van der Waals surface area contributed by atoms with Gasteiger partial charge in [-0.1, -0.05) is 41.9 Å². The van der Waals surface area contributed by atoms with Crippen LogP contribution >= 0.6 is 27.5 Å². The molecule has 4 rings (SSSR count). The number of carbonyl (C=O) groups is 1. The molecule has 1 saturated heterocycles. The summed E-state index contributed by atoms with van der Waals surface area (Å²) in [6, 6.07) is 9.63. The molecule has 3 heterocycles. The second-order valence-electron chi connectivity index (χ2n) is 6.04. The summed E-state index contributed by atoms with van der Waals surface area (Å²) < 4.78 is 7.70. The first-order chi connectivity index (χ1) is 12.6. The van der Waals surface area contributed by atoms with Gasteiger partial charge in [0.05, 0.1) is 0 Å². The van der Waals surface area contributed by atoms with Gasteiger partial charge in [-0.25, -0.2) is 19.3 Å². The van der Waals surface area contributed by atoms with Crippen LogP contribution in [0.4, 0.5) is 4.79 Å². The number of halogens is 2. The van der Waals surface area contributed by atoms with Gasteiger partial charge in [0.15, 0.2) is 5.15 Å².